The van der Waals surface area contributed by atoms with E-state index < -0.39 is 0 Å². The molecule has 1 unspecified atom stereocenters. The fourth-order valence-corrected chi connectivity index (χ4v) is 2.33. The number of fused-ring (bicyclic) bond motifs is 1. The van der Waals surface area contributed by atoms with Crippen LogP contribution in [0.15, 0.2) is 24.3 Å². The maximum Gasteiger partial charge on any atom is 0.148 e. The van der Waals surface area contributed by atoms with Crippen molar-refractivity contribution in [1.82, 2.24) is 9.97 Å². The molecule has 3 nitrogen and oxygen atoms in total. The maximum atomic E-state index is 5.87. The van der Waals surface area contributed by atoms with Crippen LogP contribution >= 0.6 is 11.6 Å². The summed E-state index contributed by atoms with van der Waals surface area (Å²) in [6.45, 7) is 6.36. The van der Waals surface area contributed by atoms with Crippen LogP contribution in [0.3, 0.4) is 0 Å². The summed E-state index contributed by atoms with van der Waals surface area (Å²) in [6.07, 6.45) is 0.924. The predicted octanol–water partition coefficient (Wildman–Crippen LogP) is 4.00. The highest BCUT2D eigenvalue weighted by Crippen LogP contribution is 2.19. The lowest BCUT2D eigenvalue weighted by Crippen LogP contribution is -2.27. The molecule has 0 spiro atoms. The Morgan fingerprint density at radius 2 is 1.79 bits per heavy atom. The molecule has 0 fully saturated rings. The molecule has 19 heavy (non-hydrogen) atoms. The Balaban J connectivity index is 2.31. The van der Waals surface area contributed by atoms with Crippen LogP contribution in [0.4, 0.5) is 5.82 Å². The summed E-state index contributed by atoms with van der Waals surface area (Å²) in [7, 11) is 0. The van der Waals surface area contributed by atoms with Crippen molar-refractivity contribution in [3.8, 4) is 0 Å². The second-order valence-electron chi connectivity index (χ2n) is 5.12. The van der Waals surface area contributed by atoms with Gasteiger partial charge >= 0.3 is 0 Å². The fourth-order valence-electron chi connectivity index (χ4n) is 2.09. The highest BCUT2D eigenvalue weighted by atomic mass is 35.5. The normalized spacial score (nSPS) is 12.9. The lowest BCUT2D eigenvalue weighted by atomic mass is 10.0. The SMILES string of the molecule is Cc1nc2ccccc2nc1NC(CCCl)C(C)C. The molecule has 1 atom stereocenters. The zero-order valence-corrected chi connectivity index (χ0v) is 12.4. The number of benzene rings is 1. The first-order chi connectivity index (χ1) is 9.11. The number of hydrogen-bond acceptors (Lipinski definition) is 3. The average Bonchev–Trinajstić information content (AvgIpc) is 2.38. The third-order valence-electron chi connectivity index (χ3n) is 3.29. The van der Waals surface area contributed by atoms with Crippen molar-refractivity contribution >= 4 is 28.5 Å². The fraction of sp³-hybridized carbons (Fsp3) is 0.467. The number of halogens is 1. The summed E-state index contributed by atoms with van der Waals surface area (Å²) in [4.78, 5) is 9.25. The smallest absolute Gasteiger partial charge is 0.148 e. The van der Waals surface area contributed by atoms with E-state index in [1.54, 1.807) is 0 Å². The van der Waals surface area contributed by atoms with Gasteiger partial charge in [0.25, 0.3) is 0 Å². The summed E-state index contributed by atoms with van der Waals surface area (Å²) in [5, 5.41) is 3.48. The highest BCUT2D eigenvalue weighted by Gasteiger charge is 2.15. The molecule has 0 radical (unpaired) electrons. The summed E-state index contributed by atoms with van der Waals surface area (Å²) < 4.78 is 0. The summed E-state index contributed by atoms with van der Waals surface area (Å²) in [5.41, 5.74) is 2.78. The zero-order valence-electron chi connectivity index (χ0n) is 11.7. The van der Waals surface area contributed by atoms with Crippen LogP contribution in [0.25, 0.3) is 11.0 Å². The first-order valence-corrected chi connectivity index (χ1v) is 7.21. The molecule has 0 saturated carbocycles. The van der Waals surface area contributed by atoms with Crippen molar-refractivity contribution < 1.29 is 0 Å². The molecular weight excluding hydrogens is 258 g/mol. The van der Waals surface area contributed by atoms with Crippen molar-refractivity contribution in [2.45, 2.75) is 33.2 Å². The molecule has 1 N–H and O–H groups in total. The van der Waals surface area contributed by atoms with E-state index in [-0.39, 0.29) is 0 Å². The van der Waals surface area contributed by atoms with Crippen LogP contribution in [0.1, 0.15) is 26.0 Å². The largest absolute Gasteiger partial charge is 0.366 e. The molecule has 0 bridgehead atoms. The Bertz CT molecular complexity index is 554. The number of rotatable bonds is 5. The van der Waals surface area contributed by atoms with E-state index in [1.165, 1.54) is 0 Å². The minimum Gasteiger partial charge on any atom is -0.366 e. The zero-order chi connectivity index (χ0) is 13.8. The third-order valence-corrected chi connectivity index (χ3v) is 3.51. The Morgan fingerprint density at radius 1 is 1.16 bits per heavy atom. The van der Waals surface area contributed by atoms with Crippen molar-refractivity contribution in [2.24, 2.45) is 5.92 Å². The molecule has 2 aromatic rings. The Kier molecular flexibility index (Phi) is 4.59. The maximum absolute atomic E-state index is 5.87. The molecule has 4 heteroatoms. The van der Waals surface area contributed by atoms with E-state index in [4.69, 9.17) is 11.6 Å². The third kappa shape index (κ3) is 3.35. The quantitative estimate of drug-likeness (QED) is 0.840. The second kappa shape index (κ2) is 6.20. The van der Waals surface area contributed by atoms with E-state index >= 15 is 0 Å². The number of hydrogen-bond donors (Lipinski definition) is 1. The van der Waals surface area contributed by atoms with Crippen molar-refractivity contribution in [3.05, 3.63) is 30.0 Å². The van der Waals surface area contributed by atoms with Crippen LogP contribution < -0.4 is 5.32 Å². The lowest BCUT2D eigenvalue weighted by molar-refractivity contribution is 0.511. The molecule has 2 rings (SSSR count). The van der Waals surface area contributed by atoms with E-state index in [0.717, 1.165) is 29.0 Å². The van der Waals surface area contributed by atoms with E-state index in [1.807, 2.05) is 31.2 Å². The van der Waals surface area contributed by atoms with Gasteiger partial charge in [0.15, 0.2) is 0 Å². The Morgan fingerprint density at radius 3 is 2.37 bits per heavy atom. The van der Waals surface area contributed by atoms with Crippen molar-refractivity contribution in [2.75, 3.05) is 11.2 Å². The molecular formula is C15H20ClN3. The van der Waals surface area contributed by atoms with Crippen LogP contribution in [0, 0.1) is 12.8 Å². The number of alkyl halides is 1. The van der Waals surface area contributed by atoms with Crippen LogP contribution in [0.5, 0.6) is 0 Å². The van der Waals surface area contributed by atoms with E-state index in [0.29, 0.717) is 17.8 Å². The summed E-state index contributed by atoms with van der Waals surface area (Å²) >= 11 is 5.87. The molecule has 0 saturated heterocycles. The molecule has 102 valence electrons. The van der Waals surface area contributed by atoms with Gasteiger partial charge in [-0.05, 0) is 31.4 Å². The Labute approximate surface area is 119 Å². The van der Waals surface area contributed by atoms with Crippen LogP contribution in [-0.4, -0.2) is 21.9 Å². The molecule has 1 heterocycles. The first kappa shape index (κ1) is 14.1. The number of aryl methyl sites for hydroxylation is 1. The van der Waals surface area contributed by atoms with Gasteiger partial charge in [0.05, 0.1) is 16.7 Å². The van der Waals surface area contributed by atoms with Crippen LogP contribution in [-0.2, 0) is 0 Å². The standard InChI is InChI=1S/C15H20ClN3/c1-10(2)12(8-9-16)18-15-11(3)17-13-6-4-5-7-14(13)19-15/h4-7,10,12H,8-9H2,1-3H3,(H,18,19). The minimum absolute atomic E-state index is 0.326. The molecule has 0 aliphatic heterocycles. The lowest BCUT2D eigenvalue weighted by Gasteiger charge is -2.23. The molecule has 1 aromatic carbocycles. The monoisotopic (exact) mass is 277 g/mol. The van der Waals surface area contributed by atoms with Gasteiger partial charge in [0, 0.05) is 11.9 Å². The molecule has 0 aliphatic carbocycles. The number of nitrogens with zero attached hydrogens (tertiary/aromatic N) is 2. The highest BCUT2D eigenvalue weighted by molar-refractivity contribution is 6.17. The average molecular weight is 278 g/mol. The summed E-state index contributed by atoms with van der Waals surface area (Å²) in [5.74, 6) is 2.02. The number of anilines is 1. The van der Waals surface area contributed by atoms with Gasteiger partial charge < -0.3 is 5.32 Å². The number of aromatic nitrogens is 2. The van der Waals surface area contributed by atoms with Gasteiger partial charge in [0.2, 0.25) is 0 Å². The van der Waals surface area contributed by atoms with Gasteiger partial charge in [-0.25, -0.2) is 9.97 Å². The first-order valence-electron chi connectivity index (χ1n) is 6.67. The van der Waals surface area contributed by atoms with Gasteiger partial charge in [-0.2, -0.15) is 0 Å². The van der Waals surface area contributed by atoms with E-state index in [2.05, 4.69) is 29.1 Å². The van der Waals surface area contributed by atoms with Crippen molar-refractivity contribution in [3.63, 3.8) is 0 Å². The number of nitrogens with one attached hydrogen (secondary N) is 1. The molecule has 0 amide bonds. The predicted molar refractivity (Wildman–Crippen MR) is 81.9 cm³/mol. The number of para-hydroxylation sites is 2. The Hall–Kier alpha value is -1.35. The second-order valence-corrected chi connectivity index (χ2v) is 5.50. The topological polar surface area (TPSA) is 37.8 Å². The van der Waals surface area contributed by atoms with Gasteiger partial charge in [-0.15, -0.1) is 11.6 Å². The molecule has 0 aliphatic rings. The van der Waals surface area contributed by atoms with Crippen molar-refractivity contribution in [1.29, 1.82) is 0 Å². The molecule has 1 aromatic heterocycles. The van der Waals surface area contributed by atoms with E-state index in [9.17, 15) is 0 Å². The summed E-state index contributed by atoms with van der Waals surface area (Å²) in [6, 6.07) is 8.26. The van der Waals surface area contributed by atoms with Gasteiger partial charge in [-0.1, -0.05) is 26.0 Å². The minimum atomic E-state index is 0.326. The van der Waals surface area contributed by atoms with Gasteiger partial charge in [-0.3, -0.25) is 0 Å². The van der Waals surface area contributed by atoms with Crippen LogP contribution in [0.2, 0.25) is 0 Å². The van der Waals surface area contributed by atoms with Gasteiger partial charge in [0.1, 0.15) is 5.82 Å².